The van der Waals surface area contributed by atoms with Crippen LogP contribution in [0.3, 0.4) is 0 Å². The van der Waals surface area contributed by atoms with Crippen molar-refractivity contribution in [3.63, 3.8) is 0 Å². The third-order valence-electron chi connectivity index (χ3n) is 12.0. The number of hydrogen-bond acceptors (Lipinski definition) is 13. The van der Waals surface area contributed by atoms with E-state index in [-0.39, 0.29) is 66.2 Å². The number of aromatic nitrogens is 3. The van der Waals surface area contributed by atoms with Gasteiger partial charge in [-0.1, -0.05) is 17.7 Å². The first-order valence-electron chi connectivity index (χ1n) is 20.6. The number of rotatable bonds is 13. The molecule has 3 saturated heterocycles. The van der Waals surface area contributed by atoms with Gasteiger partial charge in [0.05, 0.1) is 42.3 Å². The number of piperidine rings is 2. The van der Waals surface area contributed by atoms with Gasteiger partial charge in [0.15, 0.2) is 23.9 Å². The molecule has 3 aliphatic heterocycles. The molecule has 4 aromatic rings. The Balaban J connectivity index is 0.837. The Kier molecular flexibility index (Phi) is 11.8. The molecular formula is C43H50ClN9O8. The second-order valence-corrected chi connectivity index (χ2v) is 17.0. The van der Waals surface area contributed by atoms with E-state index in [1.165, 1.54) is 14.2 Å². The lowest BCUT2D eigenvalue weighted by atomic mass is 9.61. The van der Waals surface area contributed by atoms with Gasteiger partial charge in [0.1, 0.15) is 11.1 Å². The van der Waals surface area contributed by atoms with Crippen LogP contribution in [0.25, 0.3) is 10.9 Å². The van der Waals surface area contributed by atoms with Gasteiger partial charge >= 0.3 is 0 Å². The largest absolute Gasteiger partial charge is 0.494 e. The Morgan fingerprint density at radius 2 is 1.79 bits per heavy atom. The molecule has 1 spiro atoms. The Bertz CT molecular complexity index is 2420. The highest BCUT2D eigenvalue weighted by Crippen LogP contribution is 2.53. The maximum absolute atomic E-state index is 13.2. The highest BCUT2D eigenvalue weighted by atomic mass is 35.5. The monoisotopic (exact) mass is 855 g/mol. The molecule has 4 fully saturated rings. The van der Waals surface area contributed by atoms with Crippen molar-refractivity contribution in [2.75, 3.05) is 62.1 Å². The van der Waals surface area contributed by atoms with Crippen LogP contribution in [-0.2, 0) is 19.1 Å². The fraction of sp³-hybridized carbons (Fsp3) is 0.465. The number of hydrogen-bond donors (Lipinski definition) is 4. The molecule has 1 unspecified atom stereocenters. The van der Waals surface area contributed by atoms with Crippen molar-refractivity contribution in [3.05, 3.63) is 69.6 Å². The number of ether oxygens (including phenoxy) is 3. The number of nitrogens with one attached hydrogen (secondary N) is 4. The van der Waals surface area contributed by atoms with Gasteiger partial charge in [-0.2, -0.15) is 4.98 Å². The Labute approximate surface area is 357 Å². The molecule has 18 heteroatoms. The Morgan fingerprint density at radius 3 is 2.49 bits per heavy atom. The molecule has 8 rings (SSSR count). The van der Waals surface area contributed by atoms with Crippen LogP contribution in [0, 0.1) is 5.41 Å². The molecule has 17 nitrogen and oxygen atoms in total. The van der Waals surface area contributed by atoms with Crippen molar-refractivity contribution in [1.82, 2.24) is 30.5 Å². The number of anilines is 4. The first-order chi connectivity index (χ1) is 29.3. The molecule has 4 amide bonds. The molecule has 5 heterocycles. The molecule has 1 aliphatic carbocycles. The van der Waals surface area contributed by atoms with Gasteiger partial charge in [0.25, 0.3) is 17.4 Å². The second kappa shape index (κ2) is 17.2. The summed E-state index contributed by atoms with van der Waals surface area (Å²) >= 11 is 6.59. The van der Waals surface area contributed by atoms with Gasteiger partial charge in [0, 0.05) is 62.2 Å². The number of benzene rings is 2. The van der Waals surface area contributed by atoms with Crippen LogP contribution in [0.15, 0.2) is 53.5 Å². The molecule has 322 valence electrons. The average Bonchev–Trinajstić information content (AvgIpc) is 3.22. The third-order valence-corrected chi connectivity index (χ3v) is 12.2. The lowest BCUT2D eigenvalue weighted by Gasteiger charge is -2.60. The molecule has 1 atom stereocenters. The van der Waals surface area contributed by atoms with Crippen LogP contribution in [-0.4, -0.2) is 103 Å². The van der Waals surface area contributed by atoms with Crippen LogP contribution in [0.2, 0.25) is 5.02 Å². The lowest BCUT2D eigenvalue weighted by molar-refractivity contribution is -0.134. The fourth-order valence-electron chi connectivity index (χ4n) is 8.86. The second-order valence-electron chi connectivity index (χ2n) is 16.5. The highest BCUT2D eigenvalue weighted by molar-refractivity contribution is 6.33. The SMILES string of the molecule is CNC(=O)COc1cc2cc(Nc3nc(N4CCC(OC5CC6(C5)CN(c5cccc(C(=O)NC7CCC(=O)NC7=O)c5OC)C6)CC4)ncc3Cl)ccc2n(C(C)C)c1=O. The Morgan fingerprint density at radius 1 is 1.02 bits per heavy atom. The molecule has 61 heavy (non-hydrogen) atoms. The molecule has 2 aromatic carbocycles. The number of carbonyl (C=O) groups excluding carboxylic acids is 4. The molecule has 2 aromatic heterocycles. The number of pyridine rings is 1. The maximum Gasteiger partial charge on any atom is 0.293 e. The number of amides is 4. The summed E-state index contributed by atoms with van der Waals surface area (Å²) in [6, 6.07) is 11.8. The summed E-state index contributed by atoms with van der Waals surface area (Å²) in [4.78, 5) is 75.7. The van der Waals surface area contributed by atoms with E-state index in [9.17, 15) is 24.0 Å². The minimum absolute atomic E-state index is 0.0848. The summed E-state index contributed by atoms with van der Waals surface area (Å²) in [5.41, 5.74) is 2.45. The number of fused-ring (bicyclic) bond motifs is 1. The van der Waals surface area contributed by atoms with Crippen LogP contribution in [0.5, 0.6) is 11.5 Å². The Hall–Kier alpha value is -5.94. The fourth-order valence-corrected chi connectivity index (χ4v) is 9.00. The van der Waals surface area contributed by atoms with E-state index in [2.05, 4.69) is 36.1 Å². The van der Waals surface area contributed by atoms with Crippen LogP contribution < -0.4 is 46.1 Å². The van der Waals surface area contributed by atoms with Gasteiger partial charge < -0.3 is 44.5 Å². The van der Waals surface area contributed by atoms with Gasteiger partial charge in [-0.3, -0.25) is 29.3 Å². The van der Waals surface area contributed by atoms with Crippen molar-refractivity contribution in [2.45, 2.75) is 76.7 Å². The normalized spacial score (nSPS) is 19.0. The number of halogens is 1. The number of imide groups is 1. The topological polar surface area (TPSA) is 198 Å². The summed E-state index contributed by atoms with van der Waals surface area (Å²) in [5.74, 6) is -0.0354. The van der Waals surface area contributed by atoms with E-state index in [0.29, 0.717) is 33.8 Å². The summed E-state index contributed by atoms with van der Waals surface area (Å²) < 4.78 is 19.6. The van der Waals surface area contributed by atoms with Crippen LogP contribution >= 0.6 is 11.6 Å². The lowest BCUT2D eigenvalue weighted by Crippen LogP contribution is -2.64. The van der Waals surface area contributed by atoms with Gasteiger partial charge in [0.2, 0.25) is 17.8 Å². The van der Waals surface area contributed by atoms with Crippen molar-refractivity contribution < 1.29 is 33.4 Å². The summed E-state index contributed by atoms with van der Waals surface area (Å²) in [6.45, 7) is 6.68. The summed E-state index contributed by atoms with van der Waals surface area (Å²) in [5, 5.41) is 12.0. The standard InChI is InChI=1S/C43H50ClN9O8/c1-24(2)53-32-10-8-26(16-25(32)17-34(41(53)58)60-21-36(55)45-3)47-38-30(44)20-46-42(50-38)51-14-12-27(13-15-51)61-28-18-43(19-28)22-52(23-43)33-7-5-6-29(37(33)59-4)39(56)48-31-9-11-35(54)49-40(31)57/h5-8,10,16-17,20,24,27-28,31H,9,11-15,18-19,21-23H2,1-4H3,(H,45,55)(H,48,56)(H,46,47,50)(H,49,54,57). The van der Waals surface area contributed by atoms with Gasteiger partial charge in [-0.25, -0.2) is 4.98 Å². The average molecular weight is 856 g/mol. The van der Waals surface area contributed by atoms with E-state index in [1.54, 1.807) is 22.9 Å². The van der Waals surface area contributed by atoms with E-state index in [4.69, 9.17) is 30.8 Å². The minimum atomic E-state index is -0.774. The zero-order valence-corrected chi connectivity index (χ0v) is 35.3. The molecular weight excluding hydrogens is 806 g/mol. The zero-order valence-electron chi connectivity index (χ0n) is 34.6. The first kappa shape index (κ1) is 41.8. The van der Waals surface area contributed by atoms with Crippen LogP contribution in [0.4, 0.5) is 23.1 Å². The van der Waals surface area contributed by atoms with Crippen molar-refractivity contribution in [3.8, 4) is 11.5 Å². The molecule has 4 aliphatic rings. The predicted octanol–water partition coefficient (Wildman–Crippen LogP) is 4.09. The van der Waals surface area contributed by atoms with Crippen LogP contribution in [0.1, 0.15) is 68.8 Å². The third kappa shape index (κ3) is 8.66. The molecule has 1 saturated carbocycles. The number of carbonyl (C=O) groups is 4. The highest BCUT2D eigenvalue weighted by Gasteiger charge is 2.54. The van der Waals surface area contributed by atoms with Gasteiger partial charge in [-0.05, 0) is 82.3 Å². The van der Waals surface area contributed by atoms with E-state index >= 15 is 0 Å². The van der Waals surface area contributed by atoms with E-state index < -0.39 is 17.9 Å². The number of nitrogens with zero attached hydrogens (tertiary/aromatic N) is 5. The maximum atomic E-state index is 13.2. The molecule has 0 bridgehead atoms. The summed E-state index contributed by atoms with van der Waals surface area (Å²) in [6.07, 6.45) is 5.94. The van der Waals surface area contributed by atoms with E-state index in [1.807, 2.05) is 44.2 Å². The number of methoxy groups -OCH3 is 1. The number of likely N-dealkylation sites (N-methyl/N-ethyl adjacent to an activating group) is 1. The van der Waals surface area contributed by atoms with Crippen molar-refractivity contribution in [2.24, 2.45) is 5.41 Å². The molecule has 0 radical (unpaired) electrons. The van der Waals surface area contributed by atoms with Crippen molar-refractivity contribution >= 4 is 69.3 Å². The first-order valence-corrected chi connectivity index (χ1v) is 21.0. The smallest absolute Gasteiger partial charge is 0.293 e. The molecule has 4 N–H and O–H groups in total. The predicted molar refractivity (Wildman–Crippen MR) is 229 cm³/mol. The van der Waals surface area contributed by atoms with Gasteiger partial charge in [-0.15, -0.1) is 0 Å². The number of para-hydroxylation sites is 1. The summed E-state index contributed by atoms with van der Waals surface area (Å²) in [7, 11) is 3.05. The zero-order chi connectivity index (χ0) is 43.0. The van der Waals surface area contributed by atoms with Crippen molar-refractivity contribution in [1.29, 1.82) is 0 Å². The quantitative estimate of drug-likeness (QED) is 0.141. The minimum Gasteiger partial charge on any atom is -0.494 e. The van der Waals surface area contributed by atoms with E-state index in [0.717, 1.165) is 68.5 Å².